The van der Waals surface area contributed by atoms with Crippen molar-refractivity contribution in [2.75, 3.05) is 6.61 Å². The SMILES string of the molecule is CCCOc1cncc(C(=O)C2Cc3ccccc3C2)c1. The molecule has 0 saturated carbocycles. The maximum absolute atomic E-state index is 12.6. The third-order valence-corrected chi connectivity index (χ3v) is 3.89. The monoisotopic (exact) mass is 281 g/mol. The van der Waals surface area contributed by atoms with Gasteiger partial charge in [0.2, 0.25) is 0 Å². The van der Waals surface area contributed by atoms with Crippen molar-refractivity contribution in [1.82, 2.24) is 4.98 Å². The summed E-state index contributed by atoms with van der Waals surface area (Å²) in [6, 6.07) is 10.1. The zero-order valence-corrected chi connectivity index (χ0v) is 12.2. The van der Waals surface area contributed by atoms with Gasteiger partial charge >= 0.3 is 0 Å². The van der Waals surface area contributed by atoms with E-state index in [1.807, 2.05) is 18.2 Å². The molecule has 2 aromatic rings. The predicted molar refractivity (Wildman–Crippen MR) is 81.7 cm³/mol. The number of carbonyl (C=O) groups is 1. The molecule has 3 rings (SSSR count). The average Bonchev–Trinajstić information content (AvgIpc) is 2.96. The highest BCUT2D eigenvalue weighted by molar-refractivity contribution is 5.98. The Morgan fingerprint density at radius 3 is 2.62 bits per heavy atom. The van der Waals surface area contributed by atoms with E-state index in [0.29, 0.717) is 17.9 Å². The number of fused-ring (bicyclic) bond motifs is 1. The number of pyridine rings is 1. The summed E-state index contributed by atoms with van der Waals surface area (Å²) in [6.45, 7) is 2.70. The van der Waals surface area contributed by atoms with Gasteiger partial charge in [0.15, 0.2) is 5.78 Å². The first-order chi connectivity index (χ1) is 10.3. The van der Waals surface area contributed by atoms with Gasteiger partial charge in [-0.05, 0) is 36.5 Å². The minimum Gasteiger partial charge on any atom is -0.492 e. The van der Waals surface area contributed by atoms with E-state index < -0.39 is 0 Å². The van der Waals surface area contributed by atoms with E-state index in [1.54, 1.807) is 12.4 Å². The second-order valence-corrected chi connectivity index (χ2v) is 5.50. The molecule has 21 heavy (non-hydrogen) atoms. The first-order valence-electron chi connectivity index (χ1n) is 7.46. The van der Waals surface area contributed by atoms with Crippen molar-refractivity contribution in [3.05, 3.63) is 59.4 Å². The van der Waals surface area contributed by atoms with E-state index in [2.05, 4.69) is 24.0 Å². The predicted octanol–water partition coefficient (Wildman–Crippen LogP) is 3.47. The smallest absolute Gasteiger partial charge is 0.168 e. The summed E-state index contributed by atoms with van der Waals surface area (Å²) in [5, 5.41) is 0. The zero-order valence-electron chi connectivity index (χ0n) is 12.2. The Morgan fingerprint density at radius 2 is 1.95 bits per heavy atom. The van der Waals surface area contributed by atoms with Gasteiger partial charge in [0.25, 0.3) is 0 Å². The van der Waals surface area contributed by atoms with E-state index in [-0.39, 0.29) is 11.7 Å². The molecule has 0 amide bonds. The fourth-order valence-electron chi connectivity index (χ4n) is 2.83. The molecule has 1 aromatic carbocycles. The number of hydrogen-bond donors (Lipinski definition) is 0. The van der Waals surface area contributed by atoms with Gasteiger partial charge in [0.05, 0.1) is 12.8 Å². The van der Waals surface area contributed by atoms with Gasteiger partial charge in [-0.3, -0.25) is 9.78 Å². The van der Waals surface area contributed by atoms with Crippen LogP contribution in [0.5, 0.6) is 5.75 Å². The topological polar surface area (TPSA) is 39.2 Å². The van der Waals surface area contributed by atoms with Gasteiger partial charge in [-0.2, -0.15) is 0 Å². The van der Waals surface area contributed by atoms with Crippen LogP contribution in [0, 0.1) is 5.92 Å². The zero-order chi connectivity index (χ0) is 14.7. The molecular formula is C18H19NO2. The lowest BCUT2D eigenvalue weighted by Crippen LogP contribution is -2.15. The highest BCUT2D eigenvalue weighted by Crippen LogP contribution is 2.29. The first-order valence-corrected chi connectivity index (χ1v) is 7.46. The lowest BCUT2D eigenvalue weighted by Gasteiger charge is -2.09. The van der Waals surface area contributed by atoms with Crippen LogP contribution in [0.2, 0.25) is 0 Å². The Bertz CT molecular complexity index is 626. The molecule has 0 saturated heterocycles. The third kappa shape index (κ3) is 2.97. The van der Waals surface area contributed by atoms with Crippen LogP contribution in [-0.2, 0) is 12.8 Å². The maximum atomic E-state index is 12.6. The molecule has 1 heterocycles. The maximum Gasteiger partial charge on any atom is 0.168 e. The third-order valence-electron chi connectivity index (χ3n) is 3.89. The Hall–Kier alpha value is -2.16. The highest BCUT2D eigenvalue weighted by Gasteiger charge is 2.28. The molecule has 1 aliphatic carbocycles. The normalized spacial score (nSPS) is 14.0. The van der Waals surface area contributed by atoms with Crippen LogP contribution >= 0.6 is 0 Å². The minimum atomic E-state index is 0.0330. The molecule has 1 aromatic heterocycles. The molecule has 0 atom stereocenters. The number of aromatic nitrogens is 1. The number of carbonyl (C=O) groups excluding carboxylic acids is 1. The van der Waals surface area contributed by atoms with Crippen LogP contribution < -0.4 is 4.74 Å². The lowest BCUT2D eigenvalue weighted by molar-refractivity contribution is 0.0924. The molecule has 0 N–H and O–H groups in total. The first kappa shape index (κ1) is 13.8. The Morgan fingerprint density at radius 1 is 1.24 bits per heavy atom. The summed E-state index contributed by atoms with van der Waals surface area (Å²) in [6.07, 6.45) is 5.90. The van der Waals surface area contributed by atoms with Crippen molar-refractivity contribution in [2.24, 2.45) is 5.92 Å². The second kappa shape index (κ2) is 6.08. The van der Waals surface area contributed by atoms with Crippen molar-refractivity contribution in [3.8, 4) is 5.75 Å². The van der Waals surface area contributed by atoms with Crippen molar-refractivity contribution < 1.29 is 9.53 Å². The average molecular weight is 281 g/mol. The lowest BCUT2D eigenvalue weighted by atomic mass is 9.96. The number of ketones is 1. The summed E-state index contributed by atoms with van der Waals surface area (Å²) < 4.78 is 5.56. The van der Waals surface area contributed by atoms with Crippen molar-refractivity contribution >= 4 is 5.78 Å². The van der Waals surface area contributed by atoms with Gasteiger partial charge in [0, 0.05) is 17.7 Å². The molecule has 0 aliphatic heterocycles. The molecular weight excluding hydrogens is 262 g/mol. The summed E-state index contributed by atoms with van der Waals surface area (Å²) in [5.74, 6) is 0.879. The van der Waals surface area contributed by atoms with E-state index in [0.717, 1.165) is 19.3 Å². The van der Waals surface area contributed by atoms with E-state index in [9.17, 15) is 4.79 Å². The van der Waals surface area contributed by atoms with Crippen molar-refractivity contribution in [1.29, 1.82) is 0 Å². The quantitative estimate of drug-likeness (QED) is 0.788. The number of hydrogen-bond acceptors (Lipinski definition) is 3. The largest absolute Gasteiger partial charge is 0.492 e. The van der Waals surface area contributed by atoms with Crippen molar-refractivity contribution in [2.45, 2.75) is 26.2 Å². The molecule has 0 unspecified atom stereocenters. The van der Waals surface area contributed by atoms with Crippen LogP contribution in [0.3, 0.4) is 0 Å². The van der Waals surface area contributed by atoms with E-state index in [4.69, 9.17) is 4.74 Å². The van der Waals surface area contributed by atoms with Gasteiger partial charge in [-0.1, -0.05) is 31.2 Å². The summed E-state index contributed by atoms with van der Waals surface area (Å²) in [4.78, 5) is 16.8. The highest BCUT2D eigenvalue weighted by atomic mass is 16.5. The summed E-state index contributed by atoms with van der Waals surface area (Å²) in [7, 11) is 0. The molecule has 108 valence electrons. The number of nitrogens with zero attached hydrogens (tertiary/aromatic N) is 1. The van der Waals surface area contributed by atoms with Crippen molar-refractivity contribution in [3.63, 3.8) is 0 Å². The fraction of sp³-hybridized carbons (Fsp3) is 0.333. The number of benzene rings is 1. The van der Waals surface area contributed by atoms with Crippen LogP contribution in [0.25, 0.3) is 0 Å². The molecule has 0 radical (unpaired) electrons. The van der Waals surface area contributed by atoms with Gasteiger partial charge in [0.1, 0.15) is 5.75 Å². The minimum absolute atomic E-state index is 0.0330. The molecule has 3 heteroatoms. The standard InChI is InChI=1S/C18H19NO2/c1-2-7-21-17-10-16(11-19-12-17)18(20)15-8-13-5-3-4-6-14(13)9-15/h3-6,10-12,15H,2,7-9H2,1H3. The summed E-state index contributed by atoms with van der Waals surface area (Å²) >= 11 is 0. The van der Waals surface area contributed by atoms with Crippen LogP contribution in [0.15, 0.2) is 42.7 Å². The van der Waals surface area contributed by atoms with Crippen LogP contribution in [0.1, 0.15) is 34.8 Å². The van der Waals surface area contributed by atoms with E-state index in [1.165, 1.54) is 11.1 Å². The van der Waals surface area contributed by atoms with Crippen LogP contribution in [-0.4, -0.2) is 17.4 Å². The molecule has 1 aliphatic rings. The van der Waals surface area contributed by atoms with E-state index >= 15 is 0 Å². The second-order valence-electron chi connectivity index (χ2n) is 5.50. The summed E-state index contributed by atoms with van der Waals surface area (Å²) in [5.41, 5.74) is 3.24. The Balaban J connectivity index is 1.75. The number of rotatable bonds is 5. The number of Topliss-reactive ketones (excluding diaryl/α,β-unsaturated/α-hetero) is 1. The van der Waals surface area contributed by atoms with Gasteiger partial charge < -0.3 is 4.74 Å². The Kier molecular flexibility index (Phi) is 4.00. The molecule has 0 spiro atoms. The molecule has 0 fully saturated rings. The molecule has 0 bridgehead atoms. The molecule has 3 nitrogen and oxygen atoms in total. The fourth-order valence-corrected chi connectivity index (χ4v) is 2.83. The Labute approximate surface area is 125 Å². The van der Waals surface area contributed by atoms with Gasteiger partial charge in [-0.25, -0.2) is 0 Å². The van der Waals surface area contributed by atoms with Crippen LogP contribution in [0.4, 0.5) is 0 Å². The number of ether oxygens (including phenoxy) is 1. The van der Waals surface area contributed by atoms with Gasteiger partial charge in [-0.15, -0.1) is 0 Å².